The van der Waals surface area contributed by atoms with Crippen LogP contribution in [0.15, 0.2) is 0 Å². The predicted octanol–water partition coefficient (Wildman–Crippen LogP) is 1.64. The van der Waals surface area contributed by atoms with Gasteiger partial charge in [0.25, 0.3) is 0 Å². The van der Waals surface area contributed by atoms with Crippen molar-refractivity contribution in [3.8, 4) is 6.07 Å². The second kappa shape index (κ2) is 7.30. The van der Waals surface area contributed by atoms with Gasteiger partial charge in [-0.1, -0.05) is 0 Å². The first kappa shape index (κ1) is 20.7. The van der Waals surface area contributed by atoms with Gasteiger partial charge in [-0.3, -0.25) is 9.59 Å². The largest absolute Gasteiger partial charge is 0.459 e. The number of nitrogens with zero attached hydrogens (tertiary/aromatic N) is 1. The van der Waals surface area contributed by atoms with E-state index in [1.54, 1.807) is 41.5 Å². The topological polar surface area (TPSA) is 118 Å². The zero-order chi connectivity index (χ0) is 19.5. The van der Waals surface area contributed by atoms with Crippen LogP contribution in [0.4, 0.5) is 4.79 Å². The maximum Gasteiger partial charge on any atom is 0.408 e. The Kier molecular flexibility index (Phi) is 6.05. The normalized spacial score (nSPS) is 16.8. The number of alkyl carbamates (subject to hydrolysis) is 1. The molecule has 1 unspecified atom stereocenters. The molecule has 0 aromatic rings. The molecule has 0 spiro atoms. The third-order valence-corrected chi connectivity index (χ3v) is 3.40. The van der Waals surface area contributed by atoms with Crippen LogP contribution in [0.1, 0.15) is 54.4 Å². The number of hydrogen-bond donors (Lipinski definition) is 2. The first-order valence-corrected chi connectivity index (χ1v) is 8.18. The average molecular weight is 353 g/mol. The van der Waals surface area contributed by atoms with Crippen molar-refractivity contribution < 1.29 is 23.9 Å². The summed E-state index contributed by atoms with van der Waals surface area (Å²) in [6.07, 6.45) is 0.132. The Bertz CT molecular complexity index is 577. The van der Waals surface area contributed by atoms with Gasteiger partial charge in [-0.25, -0.2) is 4.79 Å². The summed E-state index contributed by atoms with van der Waals surface area (Å²) in [5.74, 6) is -1.02. The minimum absolute atomic E-state index is 0.289. The van der Waals surface area contributed by atoms with E-state index in [2.05, 4.69) is 10.6 Å². The van der Waals surface area contributed by atoms with E-state index in [0.717, 1.165) is 0 Å². The van der Waals surface area contributed by atoms with Crippen LogP contribution in [0.5, 0.6) is 0 Å². The van der Waals surface area contributed by atoms with Crippen LogP contribution >= 0.6 is 0 Å². The molecule has 0 saturated heterocycles. The molecular weight excluding hydrogens is 326 g/mol. The maximum absolute atomic E-state index is 12.4. The van der Waals surface area contributed by atoms with Gasteiger partial charge in [0, 0.05) is 0 Å². The summed E-state index contributed by atoms with van der Waals surface area (Å²) in [7, 11) is 0. The lowest BCUT2D eigenvalue weighted by molar-refractivity contribution is -0.154. The Morgan fingerprint density at radius 2 is 1.60 bits per heavy atom. The molecule has 8 heteroatoms. The van der Waals surface area contributed by atoms with Crippen molar-refractivity contribution in [2.75, 3.05) is 6.54 Å². The molecule has 0 aromatic heterocycles. The summed E-state index contributed by atoms with van der Waals surface area (Å²) in [5, 5.41) is 14.3. The number of hydrogen-bond acceptors (Lipinski definition) is 6. The van der Waals surface area contributed by atoms with Gasteiger partial charge in [-0.05, 0) is 54.4 Å². The van der Waals surface area contributed by atoms with E-state index in [4.69, 9.17) is 9.47 Å². The Hall–Kier alpha value is -2.30. The van der Waals surface area contributed by atoms with Crippen LogP contribution in [0, 0.1) is 16.7 Å². The van der Waals surface area contributed by atoms with Crippen LogP contribution in [-0.2, 0) is 19.1 Å². The Morgan fingerprint density at radius 3 is 2.00 bits per heavy atom. The number of carbonyl (C=O) groups is 3. The Labute approximate surface area is 148 Å². The third-order valence-electron chi connectivity index (χ3n) is 3.40. The fourth-order valence-corrected chi connectivity index (χ4v) is 2.21. The maximum atomic E-state index is 12.4. The van der Waals surface area contributed by atoms with Gasteiger partial charge in [0.05, 0.1) is 11.5 Å². The minimum Gasteiger partial charge on any atom is -0.459 e. The Morgan fingerprint density at radius 1 is 1.08 bits per heavy atom. The molecule has 0 bridgehead atoms. The molecule has 0 heterocycles. The van der Waals surface area contributed by atoms with Gasteiger partial charge in [-0.15, -0.1) is 0 Å². The van der Waals surface area contributed by atoms with Crippen molar-refractivity contribution in [1.82, 2.24) is 10.6 Å². The summed E-state index contributed by atoms with van der Waals surface area (Å²) in [6, 6.07) is 0.912. The molecule has 1 fully saturated rings. The molecule has 1 saturated carbocycles. The number of rotatable bonds is 5. The third kappa shape index (κ3) is 6.61. The number of ether oxygens (including phenoxy) is 2. The molecule has 1 rings (SSSR count). The second-order valence-corrected chi connectivity index (χ2v) is 8.13. The average Bonchev–Trinajstić information content (AvgIpc) is 3.19. The fraction of sp³-hybridized carbons (Fsp3) is 0.765. The Balaban J connectivity index is 2.63. The monoisotopic (exact) mass is 353 g/mol. The number of esters is 1. The summed E-state index contributed by atoms with van der Waals surface area (Å²) in [6.45, 7) is 10.0. The molecule has 1 atom stereocenters. The van der Waals surface area contributed by atoms with Crippen molar-refractivity contribution in [3.05, 3.63) is 0 Å². The molecule has 0 aliphatic heterocycles. The predicted molar refractivity (Wildman–Crippen MR) is 89.3 cm³/mol. The number of carbonyl (C=O) groups excluding carboxylic acids is 3. The van der Waals surface area contributed by atoms with Gasteiger partial charge in [0.1, 0.15) is 23.8 Å². The smallest absolute Gasteiger partial charge is 0.408 e. The zero-order valence-corrected chi connectivity index (χ0v) is 15.7. The van der Waals surface area contributed by atoms with Crippen LogP contribution < -0.4 is 10.6 Å². The van der Waals surface area contributed by atoms with E-state index < -0.39 is 40.6 Å². The van der Waals surface area contributed by atoms with Crippen molar-refractivity contribution in [2.24, 2.45) is 5.41 Å². The second-order valence-electron chi connectivity index (χ2n) is 8.13. The van der Waals surface area contributed by atoms with Crippen LogP contribution in [0.2, 0.25) is 0 Å². The highest BCUT2D eigenvalue weighted by Gasteiger charge is 2.57. The van der Waals surface area contributed by atoms with E-state index in [1.165, 1.54) is 0 Å². The summed E-state index contributed by atoms with van der Waals surface area (Å²) < 4.78 is 10.2. The van der Waals surface area contributed by atoms with Gasteiger partial charge in [0.15, 0.2) is 0 Å². The number of nitriles is 1. The first-order chi connectivity index (χ1) is 11.3. The minimum atomic E-state index is -1.03. The molecule has 1 aliphatic rings. The molecule has 25 heavy (non-hydrogen) atoms. The van der Waals surface area contributed by atoms with E-state index in [9.17, 15) is 19.6 Å². The number of nitrogens with one attached hydrogen (secondary N) is 2. The quantitative estimate of drug-likeness (QED) is 0.726. The van der Waals surface area contributed by atoms with Crippen LogP contribution in [0.3, 0.4) is 0 Å². The SMILES string of the molecule is CC(C)(C)OC(=O)CNC(=O)C1(C(C#N)NC(=O)OC(C)(C)C)CC1. The van der Waals surface area contributed by atoms with E-state index >= 15 is 0 Å². The molecule has 8 nitrogen and oxygen atoms in total. The summed E-state index contributed by atoms with van der Waals surface area (Å²) >= 11 is 0. The zero-order valence-electron chi connectivity index (χ0n) is 15.7. The van der Waals surface area contributed by atoms with Gasteiger partial charge < -0.3 is 20.1 Å². The molecule has 2 N–H and O–H groups in total. The van der Waals surface area contributed by atoms with Crippen molar-refractivity contribution >= 4 is 18.0 Å². The van der Waals surface area contributed by atoms with Gasteiger partial charge >= 0.3 is 12.1 Å². The van der Waals surface area contributed by atoms with Crippen LogP contribution in [-0.4, -0.2) is 41.8 Å². The lowest BCUT2D eigenvalue weighted by Gasteiger charge is -2.25. The lowest BCUT2D eigenvalue weighted by Crippen LogP contribution is -2.50. The summed E-state index contributed by atoms with van der Waals surface area (Å²) in [4.78, 5) is 36.0. The fourth-order valence-electron chi connectivity index (χ4n) is 2.21. The highest BCUT2D eigenvalue weighted by Crippen LogP contribution is 2.49. The van der Waals surface area contributed by atoms with E-state index in [0.29, 0.717) is 12.8 Å². The van der Waals surface area contributed by atoms with E-state index in [1.807, 2.05) is 6.07 Å². The van der Waals surface area contributed by atoms with Crippen molar-refractivity contribution in [2.45, 2.75) is 71.6 Å². The molecular formula is C17H27N3O5. The molecule has 2 amide bonds. The molecule has 1 aliphatic carbocycles. The van der Waals surface area contributed by atoms with E-state index in [-0.39, 0.29) is 6.54 Å². The van der Waals surface area contributed by atoms with Gasteiger partial charge in [0.2, 0.25) is 5.91 Å². The van der Waals surface area contributed by atoms with Gasteiger partial charge in [-0.2, -0.15) is 5.26 Å². The molecule has 0 aromatic carbocycles. The lowest BCUT2D eigenvalue weighted by atomic mass is 9.96. The number of amides is 2. The molecule has 140 valence electrons. The first-order valence-electron chi connectivity index (χ1n) is 8.18. The van der Waals surface area contributed by atoms with Crippen LogP contribution in [0.25, 0.3) is 0 Å². The highest BCUT2D eigenvalue weighted by atomic mass is 16.6. The van der Waals surface area contributed by atoms with Crippen molar-refractivity contribution in [1.29, 1.82) is 5.26 Å². The molecule has 0 radical (unpaired) electrons. The summed E-state index contributed by atoms with van der Waals surface area (Å²) in [5.41, 5.74) is -2.39. The standard InChI is InChI=1S/C17H27N3O5/c1-15(2,3)24-12(21)10-19-13(22)17(7-8-17)11(9-18)20-14(23)25-16(4,5)6/h11H,7-8,10H2,1-6H3,(H,19,22)(H,20,23). The highest BCUT2D eigenvalue weighted by molar-refractivity contribution is 5.90. The van der Waals surface area contributed by atoms with Crippen molar-refractivity contribution in [3.63, 3.8) is 0 Å².